The summed E-state index contributed by atoms with van der Waals surface area (Å²) < 4.78 is 1.69. The number of rotatable bonds is 1. The summed E-state index contributed by atoms with van der Waals surface area (Å²) in [7, 11) is 0. The fraction of sp³-hybridized carbons (Fsp3) is 0.111. The Morgan fingerprint density at radius 1 is 1.42 bits per heavy atom. The van der Waals surface area contributed by atoms with Crippen LogP contribution < -0.4 is 0 Å². The van der Waals surface area contributed by atoms with Crippen molar-refractivity contribution in [2.45, 2.75) is 6.54 Å². The third-order valence-corrected chi connectivity index (χ3v) is 1.77. The summed E-state index contributed by atoms with van der Waals surface area (Å²) in [6.07, 6.45) is 1.77. The molecule has 1 aromatic heterocycles. The molecule has 0 unspecified atom stereocenters. The van der Waals surface area contributed by atoms with Gasteiger partial charge in [0.2, 0.25) is 0 Å². The van der Waals surface area contributed by atoms with Crippen LogP contribution in [0.3, 0.4) is 0 Å². The molecule has 0 fully saturated rings. The number of para-hydroxylation sites is 1. The highest BCUT2D eigenvalue weighted by atomic mass is 15.3. The van der Waals surface area contributed by atoms with Gasteiger partial charge in [0.15, 0.2) is 0 Å². The van der Waals surface area contributed by atoms with Crippen molar-refractivity contribution in [3.8, 4) is 6.07 Å². The van der Waals surface area contributed by atoms with Crippen LogP contribution in [-0.4, -0.2) is 9.78 Å². The van der Waals surface area contributed by atoms with Gasteiger partial charge in [-0.15, -0.1) is 0 Å². The molecule has 2 rings (SSSR count). The van der Waals surface area contributed by atoms with E-state index in [9.17, 15) is 0 Å². The molecular weight excluding hydrogens is 150 g/mol. The van der Waals surface area contributed by atoms with Crippen molar-refractivity contribution >= 4 is 10.9 Å². The molecule has 0 atom stereocenters. The zero-order valence-corrected chi connectivity index (χ0v) is 6.44. The molecule has 12 heavy (non-hydrogen) atoms. The Hall–Kier alpha value is -1.82. The molecule has 0 amide bonds. The van der Waals surface area contributed by atoms with E-state index in [4.69, 9.17) is 5.26 Å². The van der Waals surface area contributed by atoms with Crippen LogP contribution in [0.4, 0.5) is 0 Å². The van der Waals surface area contributed by atoms with Crippen LogP contribution in [0.25, 0.3) is 10.9 Å². The van der Waals surface area contributed by atoms with Gasteiger partial charge in [0.25, 0.3) is 0 Å². The van der Waals surface area contributed by atoms with Gasteiger partial charge in [0.1, 0.15) is 6.54 Å². The second-order valence-corrected chi connectivity index (χ2v) is 2.52. The zero-order valence-electron chi connectivity index (χ0n) is 6.44. The summed E-state index contributed by atoms with van der Waals surface area (Å²) in [6, 6.07) is 9.90. The lowest BCUT2D eigenvalue weighted by Crippen LogP contribution is -1.96. The molecule has 0 N–H and O–H groups in total. The first kappa shape index (κ1) is 6.86. The Morgan fingerprint density at radius 2 is 2.25 bits per heavy atom. The topological polar surface area (TPSA) is 41.6 Å². The molecule has 1 aromatic carbocycles. The van der Waals surface area contributed by atoms with Crippen molar-refractivity contribution in [1.82, 2.24) is 9.78 Å². The minimum absolute atomic E-state index is 0.313. The summed E-state index contributed by atoms with van der Waals surface area (Å²) in [5, 5.41) is 13.6. The number of fused-ring (bicyclic) bond motifs is 1. The van der Waals surface area contributed by atoms with E-state index in [1.807, 2.05) is 24.3 Å². The molecular formula is C9H7N3. The fourth-order valence-corrected chi connectivity index (χ4v) is 1.22. The summed E-state index contributed by atoms with van der Waals surface area (Å²) in [5.41, 5.74) is 1.01. The predicted octanol–water partition coefficient (Wildman–Crippen LogP) is 1.56. The van der Waals surface area contributed by atoms with E-state index >= 15 is 0 Å². The van der Waals surface area contributed by atoms with Gasteiger partial charge < -0.3 is 0 Å². The van der Waals surface area contributed by atoms with E-state index in [0.717, 1.165) is 10.9 Å². The van der Waals surface area contributed by atoms with E-state index in [2.05, 4.69) is 11.2 Å². The highest BCUT2D eigenvalue weighted by Gasteiger charge is 1.98. The SMILES string of the molecule is N#CCn1ncc2ccccc21. The van der Waals surface area contributed by atoms with Crippen LogP contribution in [0.2, 0.25) is 0 Å². The van der Waals surface area contributed by atoms with E-state index in [0.29, 0.717) is 6.54 Å². The molecule has 58 valence electrons. The Balaban J connectivity index is 2.64. The van der Waals surface area contributed by atoms with Crippen molar-refractivity contribution in [3.05, 3.63) is 30.5 Å². The Kier molecular flexibility index (Phi) is 1.52. The molecule has 3 nitrogen and oxygen atoms in total. The third kappa shape index (κ3) is 0.940. The average molecular weight is 157 g/mol. The number of hydrogen-bond donors (Lipinski definition) is 0. The molecule has 0 bridgehead atoms. The number of aromatic nitrogens is 2. The molecule has 3 heteroatoms. The van der Waals surface area contributed by atoms with E-state index in [1.165, 1.54) is 0 Å². The maximum atomic E-state index is 8.49. The lowest BCUT2D eigenvalue weighted by Gasteiger charge is -1.94. The second-order valence-electron chi connectivity index (χ2n) is 2.52. The maximum absolute atomic E-state index is 8.49. The molecule has 1 heterocycles. The second kappa shape index (κ2) is 2.67. The van der Waals surface area contributed by atoms with Gasteiger partial charge in [-0.3, -0.25) is 4.68 Å². The Morgan fingerprint density at radius 3 is 3.08 bits per heavy atom. The quantitative estimate of drug-likeness (QED) is 0.630. The first-order valence-electron chi connectivity index (χ1n) is 3.69. The van der Waals surface area contributed by atoms with Crippen molar-refractivity contribution in [2.24, 2.45) is 0 Å². The van der Waals surface area contributed by atoms with Crippen LogP contribution >= 0.6 is 0 Å². The van der Waals surface area contributed by atoms with Crippen molar-refractivity contribution in [2.75, 3.05) is 0 Å². The molecule has 0 aliphatic heterocycles. The summed E-state index contributed by atoms with van der Waals surface area (Å²) >= 11 is 0. The molecule has 0 aliphatic rings. The number of nitrogens with zero attached hydrogens (tertiary/aromatic N) is 3. The van der Waals surface area contributed by atoms with Gasteiger partial charge in [0, 0.05) is 5.39 Å². The monoisotopic (exact) mass is 157 g/mol. The molecule has 0 saturated heterocycles. The van der Waals surface area contributed by atoms with Crippen molar-refractivity contribution in [1.29, 1.82) is 5.26 Å². The normalized spacial score (nSPS) is 9.92. The van der Waals surface area contributed by atoms with E-state index in [1.54, 1.807) is 10.9 Å². The Bertz CT molecular complexity index is 436. The summed E-state index contributed by atoms with van der Waals surface area (Å²) in [4.78, 5) is 0. The lowest BCUT2D eigenvalue weighted by atomic mass is 10.3. The molecule has 0 radical (unpaired) electrons. The first-order chi connectivity index (χ1) is 5.92. The number of benzene rings is 1. The number of hydrogen-bond acceptors (Lipinski definition) is 2. The zero-order chi connectivity index (χ0) is 8.39. The lowest BCUT2D eigenvalue weighted by molar-refractivity contribution is 0.736. The van der Waals surface area contributed by atoms with E-state index in [-0.39, 0.29) is 0 Å². The minimum Gasteiger partial charge on any atom is -0.251 e. The van der Waals surface area contributed by atoms with Crippen molar-refractivity contribution in [3.63, 3.8) is 0 Å². The maximum Gasteiger partial charge on any atom is 0.128 e. The molecule has 2 aromatic rings. The van der Waals surface area contributed by atoms with Gasteiger partial charge in [0.05, 0.1) is 17.8 Å². The minimum atomic E-state index is 0.313. The average Bonchev–Trinajstić information content (AvgIpc) is 2.50. The third-order valence-electron chi connectivity index (χ3n) is 1.77. The standard InChI is InChI=1S/C9H7N3/c10-5-6-12-9-4-2-1-3-8(9)7-11-12/h1-4,7H,6H2. The van der Waals surface area contributed by atoms with Crippen LogP contribution in [0.15, 0.2) is 30.5 Å². The molecule has 0 aliphatic carbocycles. The highest BCUT2D eigenvalue weighted by Crippen LogP contribution is 2.11. The van der Waals surface area contributed by atoms with Crippen LogP contribution in [-0.2, 0) is 6.54 Å². The molecule has 0 spiro atoms. The largest absolute Gasteiger partial charge is 0.251 e. The summed E-state index contributed by atoms with van der Waals surface area (Å²) in [5.74, 6) is 0. The van der Waals surface area contributed by atoms with Crippen LogP contribution in [0.1, 0.15) is 0 Å². The van der Waals surface area contributed by atoms with Gasteiger partial charge >= 0.3 is 0 Å². The van der Waals surface area contributed by atoms with E-state index < -0.39 is 0 Å². The smallest absolute Gasteiger partial charge is 0.128 e. The Labute approximate surface area is 69.8 Å². The van der Waals surface area contributed by atoms with Crippen molar-refractivity contribution < 1.29 is 0 Å². The van der Waals surface area contributed by atoms with Gasteiger partial charge in [-0.2, -0.15) is 10.4 Å². The fourth-order valence-electron chi connectivity index (χ4n) is 1.22. The predicted molar refractivity (Wildman–Crippen MR) is 45.3 cm³/mol. The number of nitriles is 1. The van der Waals surface area contributed by atoms with Crippen LogP contribution in [0.5, 0.6) is 0 Å². The van der Waals surface area contributed by atoms with Gasteiger partial charge in [-0.25, -0.2) is 0 Å². The van der Waals surface area contributed by atoms with Gasteiger partial charge in [-0.05, 0) is 6.07 Å². The summed E-state index contributed by atoms with van der Waals surface area (Å²) in [6.45, 7) is 0.313. The first-order valence-corrected chi connectivity index (χ1v) is 3.69. The highest BCUT2D eigenvalue weighted by molar-refractivity contribution is 5.78. The molecule has 0 saturated carbocycles. The van der Waals surface area contributed by atoms with Crippen LogP contribution in [0, 0.1) is 11.3 Å². The van der Waals surface area contributed by atoms with Gasteiger partial charge in [-0.1, -0.05) is 18.2 Å².